The lowest BCUT2D eigenvalue weighted by Crippen LogP contribution is -2.37. The number of halogens is 1. The number of hydrogen-bond acceptors (Lipinski definition) is 3. The predicted octanol–water partition coefficient (Wildman–Crippen LogP) is 5.17. The number of rotatable bonds is 6. The first-order valence-corrected chi connectivity index (χ1v) is 10.9. The van der Waals surface area contributed by atoms with E-state index in [1.165, 1.54) is 0 Å². The maximum atomic E-state index is 13.0. The minimum Gasteiger partial charge on any atom is -0.483 e. The largest absolute Gasteiger partial charge is 0.483 e. The summed E-state index contributed by atoms with van der Waals surface area (Å²) in [7, 11) is 0. The number of hydrogen-bond donors (Lipinski definition) is 1. The van der Waals surface area contributed by atoms with Crippen LogP contribution in [0.25, 0.3) is 0 Å². The summed E-state index contributed by atoms with van der Waals surface area (Å²) >= 11 is 5.96. The van der Waals surface area contributed by atoms with Crippen LogP contribution in [0.4, 0.5) is 5.69 Å². The van der Waals surface area contributed by atoms with E-state index in [4.69, 9.17) is 16.3 Å². The maximum Gasteiger partial charge on any atom is 0.262 e. The Morgan fingerprint density at radius 3 is 2.50 bits per heavy atom. The fraction of sp³-hybridized carbons (Fsp3) is 0.231. The van der Waals surface area contributed by atoms with Crippen molar-refractivity contribution in [3.05, 3.63) is 93.5 Å². The van der Waals surface area contributed by atoms with Crippen LogP contribution in [0, 0.1) is 13.8 Å². The average molecular weight is 449 g/mol. The van der Waals surface area contributed by atoms with Crippen molar-refractivity contribution in [2.24, 2.45) is 0 Å². The third-order valence-corrected chi connectivity index (χ3v) is 5.69. The Morgan fingerprint density at radius 1 is 1.06 bits per heavy atom. The summed E-state index contributed by atoms with van der Waals surface area (Å²) in [5, 5.41) is 3.55. The van der Waals surface area contributed by atoms with Crippen molar-refractivity contribution in [1.82, 2.24) is 4.90 Å². The summed E-state index contributed by atoms with van der Waals surface area (Å²) in [5.74, 6) is 0.308. The lowest BCUT2D eigenvalue weighted by Gasteiger charge is -2.29. The maximum absolute atomic E-state index is 13.0. The molecule has 0 aromatic heterocycles. The van der Waals surface area contributed by atoms with E-state index in [2.05, 4.69) is 11.4 Å². The molecule has 0 radical (unpaired) electrons. The van der Waals surface area contributed by atoms with E-state index in [0.717, 1.165) is 27.9 Å². The normalized spacial score (nSPS) is 13.0. The van der Waals surface area contributed by atoms with Crippen LogP contribution in [0.15, 0.2) is 60.7 Å². The second kappa shape index (κ2) is 9.45. The van der Waals surface area contributed by atoms with Crippen molar-refractivity contribution < 1.29 is 14.3 Å². The number of fused-ring (bicyclic) bond motifs is 1. The number of amides is 2. The highest BCUT2D eigenvalue weighted by molar-refractivity contribution is 6.30. The highest BCUT2D eigenvalue weighted by Crippen LogP contribution is 2.29. The van der Waals surface area contributed by atoms with E-state index in [-0.39, 0.29) is 18.4 Å². The second-order valence-corrected chi connectivity index (χ2v) is 8.54. The first-order valence-electron chi connectivity index (χ1n) is 10.6. The summed E-state index contributed by atoms with van der Waals surface area (Å²) in [4.78, 5) is 27.3. The van der Waals surface area contributed by atoms with Crippen LogP contribution >= 0.6 is 11.6 Å². The Kier molecular flexibility index (Phi) is 6.47. The summed E-state index contributed by atoms with van der Waals surface area (Å²) < 4.78 is 5.82. The molecule has 0 atom stereocenters. The SMILES string of the molecule is Cc1cc(C)cc(NC(=O)COc2cccc3c2CCN(Cc2ccc(Cl)cc2)C3=O)c1. The van der Waals surface area contributed by atoms with Gasteiger partial charge < -0.3 is 15.0 Å². The molecule has 0 bridgehead atoms. The first kappa shape index (κ1) is 21.9. The first-order chi connectivity index (χ1) is 15.4. The number of carbonyl (C=O) groups is 2. The van der Waals surface area contributed by atoms with Crippen LogP contribution < -0.4 is 10.1 Å². The highest BCUT2D eigenvalue weighted by Gasteiger charge is 2.26. The Balaban J connectivity index is 1.42. The van der Waals surface area contributed by atoms with Crippen molar-refractivity contribution in [3.63, 3.8) is 0 Å². The van der Waals surface area contributed by atoms with E-state index in [9.17, 15) is 9.59 Å². The molecule has 0 aliphatic carbocycles. The molecule has 5 nitrogen and oxygen atoms in total. The third-order valence-electron chi connectivity index (χ3n) is 5.43. The van der Waals surface area contributed by atoms with Gasteiger partial charge in [0.25, 0.3) is 11.8 Å². The standard InChI is InChI=1S/C26H25ClN2O3/c1-17-12-18(2)14-21(13-17)28-25(30)16-32-24-5-3-4-23-22(24)10-11-29(26(23)31)15-19-6-8-20(27)9-7-19/h3-9,12-14H,10-11,15-16H2,1-2H3,(H,28,30). The summed E-state index contributed by atoms with van der Waals surface area (Å²) in [6.07, 6.45) is 0.670. The van der Waals surface area contributed by atoms with Gasteiger partial charge in [-0.25, -0.2) is 0 Å². The molecule has 6 heteroatoms. The van der Waals surface area contributed by atoms with Crippen LogP contribution in [-0.2, 0) is 17.8 Å². The van der Waals surface area contributed by atoms with Gasteiger partial charge in [0.2, 0.25) is 0 Å². The van der Waals surface area contributed by atoms with Crippen LogP contribution in [-0.4, -0.2) is 29.9 Å². The van der Waals surface area contributed by atoms with E-state index in [0.29, 0.717) is 35.8 Å². The number of carbonyl (C=O) groups excluding carboxylic acids is 2. The monoisotopic (exact) mass is 448 g/mol. The number of ether oxygens (including phenoxy) is 1. The number of aryl methyl sites for hydroxylation is 2. The van der Waals surface area contributed by atoms with Gasteiger partial charge >= 0.3 is 0 Å². The fourth-order valence-electron chi connectivity index (χ4n) is 4.03. The van der Waals surface area contributed by atoms with Gasteiger partial charge in [0, 0.05) is 34.9 Å². The smallest absolute Gasteiger partial charge is 0.262 e. The fourth-order valence-corrected chi connectivity index (χ4v) is 4.15. The van der Waals surface area contributed by atoms with Crippen molar-refractivity contribution in [1.29, 1.82) is 0 Å². The van der Waals surface area contributed by atoms with Crippen molar-refractivity contribution in [2.75, 3.05) is 18.5 Å². The molecule has 0 saturated carbocycles. The topological polar surface area (TPSA) is 58.6 Å². The number of nitrogens with one attached hydrogen (secondary N) is 1. The molecule has 3 aromatic rings. The molecule has 1 aliphatic rings. The van der Waals surface area contributed by atoms with E-state index in [1.54, 1.807) is 6.07 Å². The summed E-state index contributed by atoms with van der Waals surface area (Å²) in [6.45, 7) is 4.97. The van der Waals surface area contributed by atoms with Gasteiger partial charge in [-0.2, -0.15) is 0 Å². The van der Waals surface area contributed by atoms with Crippen LogP contribution in [0.5, 0.6) is 5.75 Å². The Bertz CT molecular complexity index is 1140. The lowest BCUT2D eigenvalue weighted by molar-refractivity contribution is -0.118. The zero-order valence-electron chi connectivity index (χ0n) is 18.2. The molecule has 1 heterocycles. The Morgan fingerprint density at radius 2 is 1.78 bits per heavy atom. The lowest BCUT2D eigenvalue weighted by atomic mass is 9.97. The predicted molar refractivity (Wildman–Crippen MR) is 126 cm³/mol. The highest BCUT2D eigenvalue weighted by atomic mass is 35.5. The summed E-state index contributed by atoms with van der Waals surface area (Å²) in [6, 6.07) is 18.8. The van der Waals surface area contributed by atoms with Crippen molar-refractivity contribution in [2.45, 2.75) is 26.8 Å². The van der Waals surface area contributed by atoms with Crippen LogP contribution in [0.3, 0.4) is 0 Å². The molecular weight excluding hydrogens is 424 g/mol. The van der Waals surface area contributed by atoms with Crippen LogP contribution in [0.1, 0.15) is 32.6 Å². The van der Waals surface area contributed by atoms with Gasteiger partial charge in [0.1, 0.15) is 5.75 Å². The van der Waals surface area contributed by atoms with E-state index in [1.807, 2.05) is 67.3 Å². The van der Waals surface area contributed by atoms with Gasteiger partial charge in [0.05, 0.1) is 0 Å². The summed E-state index contributed by atoms with van der Waals surface area (Å²) in [5.41, 5.74) is 5.42. The van der Waals surface area contributed by atoms with Gasteiger partial charge in [-0.1, -0.05) is 35.9 Å². The van der Waals surface area contributed by atoms with Gasteiger partial charge in [0.15, 0.2) is 6.61 Å². The second-order valence-electron chi connectivity index (χ2n) is 8.10. The average Bonchev–Trinajstić information content (AvgIpc) is 2.75. The Hall–Kier alpha value is -3.31. The van der Waals surface area contributed by atoms with E-state index >= 15 is 0 Å². The zero-order chi connectivity index (χ0) is 22.7. The number of nitrogens with zero attached hydrogens (tertiary/aromatic N) is 1. The minimum absolute atomic E-state index is 0.0358. The molecule has 0 spiro atoms. The molecule has 0 fully saturated rings. The Labute approximate surface area is 193 Å². The van der Waals surface area contributed by atoms with Gasteiger partial charge in [-0.15, -0.1) is 0 Å². The molecule has 4 rings (SSSR count). The molecule has 1 N–H and O–H groups in total. The van der Waals surface area contributed by atoms with E-state index < -0.39 is 0 Å². The number of benzene rings is 3. The number of anilines is 1. The quantitative estimate of drug-likeness (QED) is 0.565. The molecule has 3 aromatic carbocycles. The molecule has 32 heavy (non-hydrogen) atoms. The molecule has 0 unspecified atom stereocenters. The van der Waals surface area contributed by atoms with Crippen LogP contribution in [0.2, 0.25) is 5.02 Å². The van der Waals surface area contributed by atoms with Gasteiger partial charge in [-0.3, -0.25) is 9.59 Å². The van der Waals surface area contributed by atoms with Crippen molar-refractivity contribution in [3.8, 4) is 5.75 Å². The molecular formula is C26H25ClN2O3. The molecule has 1 aliphatic heterocycles. The van der Waals surface area contributed by atoms with Gasteiger partial charge in [-0.05, 0) is 73.4 Å². The minimum atomic E-state index is -0.237. The third kappa shape index (κ3) is 5.11. The molecule has 2 amide bonds. The van der Waals surface area contributed by atoms with Crippen molar-refractivity contribution >= 4 is 29.1 Å². The zero-order valence-corrected chi connectivity index (χ0v) is 18.9. The molecule has 0 saturated heterocycles. The molecule has 164 valence electrons.